The third kappa shape index (κ3) is 4.28. The smallest absolute Gasteiger partial charge is 0.411 e. The molecule has 1 amide bonds. The van der Waals surface area contributed by atoms with Gasteiger partial charge in [0.1, 0.15) is 0 Å². The van der Waals surface area contributed by atoms with Gasteiger partial charge >= 0.3 is 12.1 Å². The average molecular weight is 265 g/mol. The lowest BCUT2D eigenvalue weighted by atomic mass is 9.97. The predicted octanol–water partition coefficient (Wildman–Crippen LogP) is 3.15. The first-order valence-electron chi connectivity index (χ1n) is 6.24. The third-order valence-corrected chi connectivity index (χ3v) is 2.50. The van der Waals surface area contributed by atoms with Crippen LogP contribution in [0.5, 0.6) is 0 Å². The van der Waals surface area contributed by atoms with Gasteiger partial charge in [0.05, 0.1) is 17.9 Å². The highest BCUT2D eigenvalue weighted by Crippen LogP contribution is 2.23. The summed E-state index contributed by atoms with van der Waals surface area (Å²) in [6.45, 7) is 5.95. The second-order valence-electron chi connectivity index (χ2n) is 4.59. The van der Waals surface area contributed by atoms with Gasteiger partial charge in [0, 0.05) is 0 Å². The number of nitrogens with one attached hydrogen (secondary N) is 1. The van der Waals surface area contributed by atoms with Gasteiger partial charge in [-0.25, -0.2) is 9.59 Å². The molecule has 1 aromatic carbocycles. The summed E-state index contributed by atoms with van der Waals surface area (Å²) in [5.41, 5.74) is 1.10. The minimum atomic E-state index is -1.05. The van der Waals surface area contributed by atoms with Crippen LogP contribution in [0.15, 0.2) is 18.2 Å². The molecule has 0 fully saturated rings. The van der Waals surface area contributed by atoms with E-state index in [1.54, 1.807) is 25.1 Å². The van der Waals surface area contributed by atoms with E-state index in [-0.39, 0.29) is 17.9 Å². The number of benzene rings is 1. The lowest BCUT2D eigenvalue weighted by molar-refractivity contribution is 0.0696. The van der Waals surface area contributed by atoms with Crippen molar-refractivity contribution in [3.63, 3.8) is 0 Å². The fourth-order valence-electron chi connectivity index (χ4n) is 1.84. The number of ether oxygens (including phenoxy) is 1. The number of rotatable bonds is 5. The van der Waals surface area contributed by atoms with Crippen LogP contribution >= 0.6 is 0 Å². The number of hydrogen-bond donors (Lipinski definition) is 2. The molecule has 0 saturated heterocycles. The fourth-order valence-corrected chi connectivity index (χ4v) is 1.84. The first-order valence-corrected chi connectivity index (χ1v) is 6.24. The number of hydrogen-bond acceptors (Lipinski definition) is 3. The van der Waals surface area contributed by atoms with Crippen LogP contribution in [0.4, 0.5) is 10.5 Å². The Labute approximate surface area is 112 Å². The molecule has 0 heterocycles. The van der Waals surface area contributed by atoms with Crippen molar-refractivity contribution in [1.29, 1.82) is 0 Å². The average Bonchev–Trinajstić information content (AvgIpc) is 2.27. The molecular formula is C14H19NO4. The van der Waals surface area contributed by atoms with Gasteiger partial charge in [-0.2, -0.15) is 0 Å². The molecule has 1 rings (SSSR count). The summed E-state index contributed by atoms with van der Waals surface area (Å²) in [5.74, 6) is -0.723. The largest absolute Gasteiger partial charge is 0.478 e. The first kappa shape index (κ1) is 15.0. The number of amides is 1. The summed E-state index contributed by atoms with van der Waals surface area (Å²) < 4.78 is 4.76. The highest BCUT2D eigenvalue weighted by molar-refractivity contribution is 6.00. The predicted molar refractivity (Wildman–Crippen MR) is 72.6 cm³/mol. The Morgan fingerprint density at radius 1 is 1.37 bits per heavy atom. The van der Waals surface area contributed by atoms with E-state index in [0.717, 1.165) is 0 Å². The van der Waals surface area contributed by atoms with E-state index < -0.39 is 12.1 Å². The van der Waals surface area contributed by atoms with Gasteiger partial charge < -0.3 is 9.84 Å². The van der Waals surface area contributed by atoms with Crippen LogP contribution in [0.2, 0.25) is 0 Å². The normalized spacial score (nSPS) is 10.3. The van der Waals surface area contributed by atoms with Crippen LogP contribution in [0.25, 0.3) is 0 Å². The molecule has 0 bridgehead atoms. The van der Waals surface area contributed by atoms with Crippen LogP contribution < -0.4 is 5.32 Å². The maximum absolute atomic E-state index is 11.4. The van der Waals surface area contributed by atoms with Crippen molar-refractivity contribution < 1.29 is 19.4 Å². The lowest BCUT2D eigenvalue weighted by Crippen LogP contribution is -2.17. The number of carbonyl (C=O) groups excluding carboxylic acids is 1. The molecule has 2 N–H and O–H groups in total. The topological polar surface area (TPSA) is 75.6 Å². The van der Waals surface area contributed by atoms with Crippen LogP contribution in [0.1, 0.15) is 36.7 Å². The van der Waals surface area contributed by atoms with Gasteiger partial charge in [-0.15, -0.1) is 0 Å². The molecule has 1 aromatic rings. The van der Waals surface area contributed by atoms with Gasteiger partial charge in [0.2, 0.25) is 0 Å². The molecule has 0 aliphatic carbocycles. The van der Waals surface area contributed by atoms with E-state index in [1.165, 1.54) is 0 Å². The van der Waals surface area contributed by atoms with E-state index in [4.69, 9.17) is 4.74 Å². The third-order valence-electron chi connectivity index (χ3n) is 2.50. The van der Waals surface area contributed by atoms with Crippen molar-refractivity contribution in [3.05, 3.63) is 29.3 Å². The Morgan fingerprint density at radius 2 is 2.05 bits per heavy atom. The Hall–Kier alpha value is -2.04. The maximum Gasteiger partial charge on any atom is 0.411 e. The molecule has 0 atom stereocenters. The SMILES string of the molecule is CCOC(=O)Nc1cccc(CC(C)C)c1C(=O)O. The summed E-state index contributed by atoms with van der Waals surface area (Å²) in [5, 5.41) is 11.8. The van der Waals surface area contributed by atoms with Crippen LogP contribution in [0, 0.1) is 5.92 Å². The summed E-state index contributed by atoms with van der Waals surface area (Å²) in [7, 11) is 0. The Balaban J connectivity index is 3.09. The molecule has 0 aromatic heterocycles. The molecule has 104 valence electrons. The second-order valence-corrected chi connectivity index (χ2v) is 4.59. The monoisotopic (exact) mass is 265 g/mol. The van der Waals surface area contributed by atoms with Crippen molar-refractivity contribution in [1.82, 2.24) is 0 Å². The fraction of sp³-hybridized carbons (Fsp3) is 0.429. The minimum Gasteiger partial charge on any atom is -0.478 e. The van der Waals surface area contributed by atoms with E-state index in [0.29, 0.717) is 17.9 Å². The van der Waals surface area contributed by atoms with Crippen LogP contribution in [-0.2, 0) is 11.2 Å². The minimum absolute atomic E-state index is 0.129. The zero-order valence-corrected chi connectivity index (χ0v) is 11.4. The molecule has 0 radical (unpaired) electrons. The molecule has 5 heteroatoms. The van der Waals surface area contributed by atoms with Crippen molar-refractivity contribution in [2.45, 2.75) is 27.2 Å². The van der Waals surface area contributed by atoms with Crippen molar-refractivity contribution in [2.24, 2.45) is 5.92 Å². The van der Waals surface area contributed by atoms with Gasteiger partial charge in [-0.3, -0.25) is 5.32 Å². The van der Waals surface area contributed by atoms with Crippen LogP contribution in [-0.4, -0.2) is 23.8 Å². The van der Waals surface area contributed by atoms with E-state index in [2.05, 4.69) is 5.32 Å². The molecule has 0 unspecified atom stereocenters. The van der Waals surface area contributed by atoms with E-state index in [9.17, 15) is 14.7 Å². The highest BCUT2D eigenvalue weighted by Gasteiger charge is 2.17. The molecule has 0 saturated carbocycles. The molecule has 0 aliphatic heterocycles. The zero-order chi connectivity index (χ0) is 14.4. The Kier molecular flexibility index (Phi) is 5.36. The Morgan fingerprint density at radius 3 is 2.58 bits per heavy atom. The first-order chi connectivity index (χ1) is 8.95. The Bertz CT molecular complexity index is 469. The zero-order valence-electron chi connectivity index (χ0n) is 11.4. The van der Waals surface area contributed by atoms with Gasteiger partial charge in [-0.1, -0.05) is 26.0 Å². The van der Waals surface area contributed by atoms with Crippen molar-refractivity contribution in [2.75, 3.05) is 11.9 Å². The number of aromatic carboxylic acids is 1. The second kappa shape index (κ2) is 6.78. The van der Waals surface area contributed by atoms with Gasteiger partial charge in [-0.05, 0) is 30.9 Å². The number of carboxylic acids is 1. The number of carboxylic acid groups (broad SMARTS) is 1. The van der Waals surface area contributed by atoms with Gasteiger partial charge in [0.15, 0.2) is 0 Å². The van der Waals surface area contributed by atoms with E-state index in [1.807, 2.05) is 13.8 Å². The quantitative estimate of drug-likeness (QED) is 0.857. The van der Waals surface area contributed by atoms with E-state index >= 15 is 0 Å². The molecule has 19 heavy (non-hydrogen) atoms. The lowest BCUT2D eigenvalue weighted by Gasteiger charge is -2.13. The number of anilines is 1. The van der Waals surface area contributed by atoms with Gasteiger partial charge in [0.25, 0.3) is 0 Å². The maximum atomic E-state index is 11.4. The summed E-state index contributed by atoms with van der Waals surface area (Å²) in [6.07, 6.45) is -0.00771. The van der Waals surface area contributed by atoms with Crippen molar-refractivity contribution in [3.8, 4) is 0 Å². The molecule has 0 aliphatic rings. The van der Waals surface area contributed by atoms with Crippen molar-refractivity contribution >= 4 is 17.7 Å². The van der Waals surface area contributed by atoms with Crippen LogP contribution in [0.3, 0.4) is 0 Å². The number of carbonyl (C=O) groups is 2. The molecular weight excluding hydrogens is 246 g/mol. The molecule has 5 nitrogen and oxygen atoms in total. The standard InChI is InChI=1S/C14H19NO4/c1-4-19-14(18)15-11-7-5-6-10(8-9(2)3)12(11)13(16)17/h5-7,9H,4,8H2,1-3H3,(H,15,18)(H,16,17). The summed E-state index contributed by atoms with van der Waals surface area (Å²) in [6, 6.07) is 5.05. The molecule has 0 spiro atoms. The summed E-state index contributed by atoms with van der Waals surface area (Å²) in [4.78, 5) is 22.8. The highest BCUT2D eigenvalue weighted by atomic mass is 16.5. The summed E-state index contributed by atoms with van der Waals surface area (Å²) >= 11 is 0.